The number of carbonyl (C=O) groups is 2. The van der Waals surface area contributed by atoms with Crippen molar-refractivity contribution in [1.82, 2.24) is 10.2 Å². The summed E-state index contributed by atoms with van der Waals surface area (Å²) in [5.41, 5.74) is -0.0776. The lowest BCUT2D eigenvalue weighted by atomic mass is 9.88. The number of urea groups is 1. The summed E-state index contributed by atoms with van der Waals surface area (Å²) in [6.07, 6.45) is 0. The molecule has 6 heteroatoms. The summed E-state index contributed by atoms with van der Waals surface area (Å²) in [5, 5.41) is 11.6. The van der Waals surface area contributed by atoms with Crippen LogP contribution in [0.2, 0.25) is 0 Å². The van der Waals surface area contributed by atoms with Gasteiger partial charge in [-0.15, -0.1) is 0 Å². The SMILES string of the molecule is COCCN(CC(=O)O)C(=O)NC(C)C(C)(C)C. The molecule has 0 aliphatic heterocycles. The van der Waals surface area contributed by atoms with Crippen molar-refractivity contribution in [2.24, 2.45) is 5.41 Å². The van der Waals surface area contributed by atoms with Crippen molar-refractivity contribution < 1.29 is 19.4 Å². The van der Waals surface area contributed by atoms with Crippen LogP contribution in [0.3, 0.4) is 0 Å². The molecule has 0 aliphatic rings. The number of nitrogens with one attached hydrogen (secondary N) is 1. The second-order valence-electron chi connectivity index (χ2n) is 5.35. The first kappa shape index (κ1) is 16.7. The molecule has 0 aromatic rings. The van der Waals surface area contributed by atoms with E-state index in [1.807, 2.05) is 27.7 Å². The fraction of sp³-hybridized carbons (Fsp3) is 0.833. The van der Waals surface area contributed by atoms with E-state index in [0.717, 1.165) is 0 Å². The quantitative estimate of drug-likeness (QED) is 0.751. The van der Waals surface area contributed by atoms with Gasteiger partial charge in [0.05, 0.1) is 6.61 Å². The molecule has 0 bridgehead atoms. The number of ether oxygens (including phenoxy) is 1. The van der Waals surface area contributed by atoms with Gasteiger partial charge in [-0.1, -0.05) is 20.8 Å². The lowest BCUT2D eigenvalue weighted by Gasteiger charge is -2.30. The van der Waals surface area contributed by atoms with Gasteiger partial charge < -0.3 is 20.1 Å². The number of amides is 2. The number of hydrogen-bond acceptors (Lipinski definition) is 3. The summed E-state index contributed by atoms with van der Waals surface area (Å²) in [5.74, 6) is -1.04. The minimum absolute atomic E-state index is 0.0520. The predicted octanol–water partition coefficient (Wildman–Crippen LogP) is 1.16. The summed E-state index contributed by atoms with van der Waals surface area (Å²) in [4.78, 5) is 23.9. The Bertz CT molecular complexity index is 286. The first-order valence-corrected chi connectivity index (χ1v) is 5.94. The monoisotopic (exact) mass is 260 g/mol. The Kier molecular flexibility index (Phi) is 6.68. The molecule has 2 amide bonds. The molecule has 0 radical (unpaired) electrons. The van der Waals surface area contributed by atoms with E-state index in [9.17, 15) is 9.59 Å². The number of carboxylic acids is 1. The summed E-state index contributed by atoms with van der Waals surface area (Å²) in [7, 11) is 1.51. The average Bonchev–Trinajstić information content (AvgIpc) is 2.22. The van der Waals surface area contributed by atoms with Gasteiger partial charge in [-0.05, 0) is 12.3 Å². The van der Waals surface area contributed by atoms with Gasteiger partial charge in [-0.2, -0.15) is 0 Å². The Balaban J connectivity index is 4.50. The molecule has 1 atom stereocenters. The molecule has 2 N–H and O–H groups in total. The first-order chi connectivity index (χ1) is 8.18. The van der Waals surface area contributed by atoms with E-state index in [4.69, 9.17) is 9.84 Å². The van der Waals surface area contributed by atoms with Crippen molar-refractivity contribution >= 4 is 12.0 Å². The molecule has 1 unspecified atom stereocenters. The maximum absolute atomic E-state index is 11.9. The standard InChI is InChI=1S/C12H24N2O4/c1-9(12(2,3)4)13-11(17)14(6-7-18-5)8-10(15)16/h9H,6-8H2,1-5H3,(H,13,17)(H,15,16). The molecular formula is C12H24N2O4. The van der Waals surface area contributed by atoms with Gasteiger partial charge in [-0.3, -0.25) is 4.79 Å². The third-order valence-electron chi connectivity index (χ3n) is 2.82. The highest BCUT2D eigenvalue weighted by Crippen LogP contribution is 2.18. The minimum atomic E-state index is -1.04. The van der Waals surface area contributed by atoms with E-state index in [2.05, 4.69) is 5.32 Å². The van der Waals surface area contributed by atoms with Gasteiger partial charge in [0, 0.05) is 19.7 Å². The van der Waals surface area contributed by atoms with E-state index < -0.39 is 5.97 Å². The number of aliphatic carboxylic acids is 1. The van der Waals surface area contributed by atoms with Crippen molar-refractivity contribution in [2.75, 3.05) is 26.8 Å². The summed E-state index contributed by atoms with van der Waals surface area (Å²) >= 11 is 0. The predicted molar refractivity (Wildman–Crippen MR) is 68.5 cm³/mol. The Morgan fingerprint density at radius 3 is 2.33 bits per heavy atom. The van der Waals surface area contributed by atoms with Crippen LogP contribution < -0.4 is 5.32 Å². The highest BCUT2D eigenvalue weighted by atomic mass is 16.5. The van der Waals surface area contributed by atoms with Gasteiger partial charge in [-0.25, -0.2) is 4.79 Å². The molecule has 0 aliphatic carbocycles. The van der Waals surface area contributed by atoms with Crippen LogP contribution in [0.5, 0.6) is 0 Å². The van der Waals surface area contributed by atoms with Crippen LogP contribution >= 0.6 is 0 Å². The van der Waals surface area contributed by atoms with Gasteiger partial charge in [0.2, 0.25) is 0 Å². The Morgan fingerprint density at radius 1 is 1.39 bits per heavy atom. The fourth-order valence-electron chi connectivity index (χ4n) is 1.11. The van der Waals surface area contributed by atoms with Crippen molar-refractivity contribution in [1.29, 1.82) is 0 Å². The summed E-state index contributed by atoms with van der Waals surface area (Å²) in [6, 6.07) is -0.430. The molecule has 0 aromatic heterocycles. The lowest BCUT2D eigenvalue weighted by molar-refractivity contribution is -0.137. The molecule has 106 valence electrons. The van der Waals surface area contributed by atoms with Gasteiger partial charge in [0.1, 0.15) is 6.54 Å². The second-order valence-corrected chi connectivity index (χ2v) is 5.35. The third kappa shape index (κ3) is 6.44. The summed E-state index contributed by atoms with van der Waals surface area (Å²) in [6.45, 7) is 8.16. The molecule has 0 saturated heterocycles. The number of carbonyl (C=O) groups excluding carboxylic acids is 1. The van der Waals surface area contributed by atoms with Gasteiger partial charge in [0.25, 0.3) is 0 Å². The van der Waals surface area contributed by atoms with E-state index in [0.29, 0.717) is 6.61 Å². The lowest BCUT2D eigenvalue weighted by Crippen LogP contribution is -2.50. The van der Waals surface area contributed by atoms with E-state index in [1.54, 1.807) is 0 Å². The molecule has 0 rings (SSSR count). The third-order valence-corrected chi connectivity index (χ3v) is 2.82. The van der Waals surface area contributed by atoms with Crippen molar-refractivity contribution in [2.45, 2.75) is 33.7 Å². The molecule has 18 heavy (non-hydrogen) atoms. The molecule has 0 heterocycles. The van der Waals surface area contributed by atoms with Crippen molar-refractivity contribution in [3.8, 4) is 0 Å². The van der Waals surface area contributed by atoms with Crippen LogP contribution in [0, 0.1) is 5.41 Å². The number of hydrogen-bond donors (Lipinski definition) is 2. The first-order valence-electron chi connectivity index (χ1n) is 5.94. The molecule has 0 saturated carbocycles. The Labute approximate surface area is 108 Å². The van der Waals surface area contributed by atoms with E-state index >= 15 is 0 Å². The van der Waals surface area contributed by atoms with Gasteiger partial charge >= 0.3 is 12.0 Å². The molecular weight excluding hydrogens is 236 g/mol. The average molecular weight is 260 g/mol. The zero-order chi connectivity index (χ0) is 14.3. The highest BCUT2D eigenvalue weighted by molar-refractivity contribution is 5.80. The number of rotatable bonds is 6. The molecule has 0 fully saturated rings. The molecule has 0 spiro atoms. The minimum Gasteiger partial charge on any atom is -0.480 e. The Hall–Kier alpha value is -1.30. The van der Waals surface area contributed by atoms with E-state index in [1.165, 1.54) is 12.0 Å². The number of carboxylic acid groups (broad SMARTS) is 1. The molecule has 0 aromatic carbocycles. The normalized spacial score (nSPS) is 12.9. The second kappa shape index (κ2) is 7.20. The topological polar surface area (TPSA) is 78.9 Å². The fourth-order valence-corrected chi connectivity index (χ4v) is 1.11. The largest absolute Gasteiger partial charge is 0.480 e. The van der Waals surface area contributed by atoms with E-state index in [-0.39, 0.29) is 30.6 Å². The Morgan fingerprint density at radius 2 is 1.94 bits per heavy atom. The van der Waals surface area contributed by atoms with Crippen LogP contribution in [0.1, 0.15) is 27.7 Å². The number of methoxy groups -OCH3 is 1. The van der Waals surface area contributed by atoms with Crippen LogP contribution in [-0.4, -0.2) is 54.9 Å². The number of nitrogens with zero attached hydrogens (tertiary/aromatic N) is 1. The summed E-state index contributed by atoms with van der Waals surface area (Å²) < 4.78 is 4.86. The van der Waals surface area contributed by atoms with Crippen LogP contribution in [0.25, 0.3) is 0 Å². The molecule has 6 nitrogen and oxygen atoms in total. The van der Waals surface area contributed by atoms with Crippen LogP contribution in [0.15, 0.2) is 0 Å². The van der Waals surface area contributed by atoms with Crippen molar-refractivity contribution in [3.63, 3.8) is 0 Å². The van der Waals surface area contributed by atoms with Crippen molar-refractivity contribution in [3.05, 3.63) is 0 Å². The maximum atomic E-state index is 11.9. The van der Waals surface area contributed by atoms with Crippen LogP contribution in [-0.2, 0) is 9.53 Å². The highest BCUT2D eigenvalue weighted by Gasteiger charge is 2.24. The van der Waals surface area contributed by atoms with Crippen LogP contribution in [0.4, 0.5) is 4.79 Å². The zero-order valence-corrected chi connectivity index (χ0v) is 11.8. The smallest absolute Gasteiger partial charge is 0.323 e. The zero-order valence-electron chi connectivity index (χ0n) is 11.8. The van der Waals surface area contributed by atoms with Gasteiger partial charge in [0.15, 0.2) is 0 Å². The maximum Gasteiger partial charge on any atom is 0.323 e.